The van der Waals surface area contributed by atoms with Gasteiger partial charge in [0, 0.05) is 16.8 Å². The Bertz CT molecular complexity index is 1390. The van der Waals surface area contributed by atoms with E-state index in [2.05, 4.69) is 10.2 Å². The van der Waals surface area contributed by atoms with E-state index in [4.69, 9.17) is 16.2 Å². The van der Waals surface area contributed by atoms with Gasteiger partial charge in [0.05, 0.1) is 9.92 Å². The number of hydrogen-bond donors (Lipinski definition) is 3. The van der Waals surface area contributed by atoms with Gasteiger partial charge >= 0.3 is 29.6 Å². The first-order valence-corrected chi connectivity index (χ1v) is 10.7. The van der Waals surface area contributed by atoms with Gasteiger partial charge in [-0.1, -0.05) is 29.8 Å². The summed E-state index contributed by atoms with van der Waals surface area (Å²) < 4.78 is 65.4. The number of halogens is 1. The zero-order valence-corrected chi connectivity index (χ0v) is 19.4. The van der Waals surface area contributed by atoms with Gasteiger partial charge in [-0.3, -0.25) is 4.55 Å². The summed E-state index contributed by atoms with van der Waals surface area (Å²) in [6, 6.07) is 7.80. The number of phenolic OH excluding ortho intramolecular Hbond substituents is 2. The summed E-state index contributed by atoms with van der Waals surface area (Å²) in [5, 5.41) is 27.2. The molecule has 0 atom stereocenters. The van der Waals surface area contributed by atoms with Crippen LogP contribution < -0.4 is 29.6 Å². The Labute approximate surface area is 197 Å². The molecule has 0 aliphatic rings. The van der Waals surface area contributed by atoms with Gasteiger partial charge in [0.2, 0.25) is 0 Å². The predicted octanol–water partition coefficient (Wildman–Crippen LogP) is 0.475. The van der Waals surface area contributed by atoms with Gasteiger partial charge in [0.1, 0.15) is 32.1 Å². The first-order chi connectivity index (χ1) is 13.4. The fourth-order valence-electron chi connectivity index (χ4n) is 2.52. The SMILES string of the molecule is O=S(=O)([O-])c1cccc2c(O)c(N=Nc3cc(Cl)c(S(=O)(=O)O)cc3O)ccc12.[Na+]. The minimum Gasteiger partial charge on any atom is -0.744 e. The van der Waals surface area contributed by atoms with E-state index in [0.29, 0.717) is 6.07 Å². The van der Waals surface area contributed by atoms with E-state index in [1.165, 1.54) is 24.3 Å². The molecule has 0 radical (unpaired) electrons. The Hall–Kier alpha value is -1.77. The third-order valence-corrected chi connectivity index (χ3v) is 6.03. The Kier molecular flexibility index (Phi) is 7.16. The molecule has 30 heavy (non-hydrogen) atoms. The minimum absolute atomic E-state index is 0. The topological polar surface area (TPSA) is 177 Å². The molecule has 0 heterocycles. The second-order valence-electron chi connectivity index (χ2n) is 5.69. The van der Waals surface area contributed by atoms with Crippen molar-refractivity contribution in [2.75, 3.05) is 0 Å². The molecule has 0 aliphatic heterocycles. The molecule has 0 aromatic heterocycles. The molecule has 3 rings (SSSR count). The van der Waals surface area contributed by atoms with Gasteiger partial charge < -0.3 is 14.8 Å². The quantitative estimate of drug-likeness (QED) is 0.274. The van der Waals surface area contributed by atoms with Gasteiger partial charge in [-0.25, -0.2) is 8.42 Å². The largest absolute Gasteiger partial charge is 1.00 e. The van der Waals surface area contributed by atoms with E-state index >= 15 is 0 Å². The van der Waals surface area contributed by atoms with Crippen LogP contribution in [0.3, 0.4) is 0 Å². The number of fused-ring (bicyclic) bond motifs is 1. The standard InChI is InChI=1S/C16H11ClN2O8S2.Na/c17-10-6-12(13(20)7-15(10)29(25,26)27)19-18-11-5-4-8-9(16(11)21)2-1-3-14(8)28(22,23)24;/h1-7,20-21H,(H,22,23,24)(H,25,26,27);/q;+1/p-1. The number of nitrogens with zero attached hydrogens (tertiary/aromatic N) is 2. The van der Waals surface area contributed by atoms with Crippen LogP contribution >= 0.6 is 11.6 Å². The molecule has 0 spiro atoms. The predicted molar refractivity (Wildman–Crippen MR) is 101 cm³/mol. The van der Waals surface area contributed by atoms with Gasteiger partial charge in [-0.15, -0.1) is 10.2 Å². The van der Waals surface area contributed by atoms with Gasteiger partial charge in [0.25, 0.3) is 10.1 Å². The van der Waals surface area contributed by atoms with Crippen molar-refractivity contribution in [3.63, 3.8) is 0 Å². The molecule has 14 heteroatoms. The maximum absolute atomic E-state index is 11.3. The average Bonchev–Trinajstić information content (AvgIpc) is 2.61. The second kappa shape index (κ2) is 8.77. The molecule has 0 unspecified atom stereocenters. The summed E-state index contributed by atoms with van der Waals surface area (Å²) in [7, 11) is -9.44. The number of benzene rings is 3. The van der Waals surface area contributed by atoms with Crippen molar-refractivity contribution in [1.82, 2.24) is 0 Å². The van der Waals surface area contributed by atoms with E-state index in [1.54, 1.807) is 0 Å². The molecular formula is C16H10ClN2NaO8S2. The first-order valence-electron chi connectivity index (χ1n) is 7.52. The molecule has 0 amide bonds. The maximum Gasteiger partial charge on any atom is 1.00 e. The minimum atomic E-state index is -4.77. The van der Waals surface area contributed by atoms with Crippen molar-refractivity contribution >= 4 is 54.0 Å². The van der Waals surface area contributed by atoms with Crippen LogP contribution in [0, 0.1) is 0 Å². The Balaban J connectivity index is 0.00000320. The molecular weight excluding hydrogens is 471 g/mol. The van der Waals surface area contributed by atoms with Crippen molar-refractivity contribution in [2.24, 2.45) is 10.2 Å². The Morgan fingerprint density at radius 1 is 0.867 bits per heavy atom. The van der Waals surface area contributed by atoms with E-state index in [0.717, 1.165) is 12.1 Å². The van der Waals surface area contributed by atoms with Gasteiger partial charge in [-0.05, 0) is 18.2 Å². The van der Waals surface area contributed by atoms with Crippen molar-refractivity contribution in [1.29, 1.82) is 0 Å². The molecule has 152 valence electrons. The zero-order chi connectivity index (χ0) is 21.6. The molecule has 3 aromatic carbocycles. The number of hydrogen-bond acceptors (Lipinski definition) is 9. The van der Waals surface area contributed by atoms with Crippen LogP contribution in [-0.4, -0.2) is 36.2 Å². The third-order valence-electron chi connectivity index (χ3n) is 3.81. The molecule has 0 saturated carbocycles. The maximum atomic E-state index is 11.3. The normalized spacial score (nSPS) is 12.2. The summed E-state index contributed by atoms with van der Waals surface area (Å²) >= 11 is 5.75. The van der Waals surface area contributed by atoms with Crippen LogP contribution in [0.2, 0.25) is 5.02 Å². The van der Waals surface area contributed by atoms with Crippen molar-refractivity contribution in [3.05, 3.63) is 47.5 Å². The Morgan fingerprint density at radius 3 is 2.10 bits per heavy atom. The summed E-state index contributed by atoms with van der Waals surface area (Å²) in [5.41, 5.74) is -0.398. The summed E-state index contributed by atoms with van der Waals surface area (Å²) in [5.74, 6) is -1.14. The number of rotatable bonds is 4. The Morgan fingerprint density at radius 2 is 1.50 bits per heavy atom. The van der Waals surface area contributed by atoms with Crippen molar-refractivity contribution in [2.45, 2.75) is 9.79 Å². The van der Waals surface area contributed by atoms with E-state index < -0.39 is 46.5 Å². The van der Waals surface area contributed by atoms with Crippen molar-refractivity contribution in [3.8, 4) is 11.5 Å². The zero-order valence-electron chi connectivity index (χ0n) is 15.0. The summed E-state index contributed by atoms with van der Waals surface area (Å²) in [4.78, 5) is -1.24. The second-order valence-corrected chi connectivity index (χ2v) is 8.83. The fourth-order valence-corrected chi connectivity index (χ4v) is 4.23. The first kappa shape index (κ1) is 24.5. The van der Waals surface area contributed by atoms with E-state index in [-0.39, 0.29) is 51.7 Å². The molecule has 0 bridgehead atoms. The van der Waals surface area contributed by atoms with Crippen molar-refractivity contribution < 1.29 is 65.7 Å². The van der Waals surface area contributed by atoms with Crippen LogP contribution in [0.5, 0.6) is 11.5 Å². The molecule has 0 aliphatic carbocycles. The monoisotopic (exact) mass is 480 g/mol. The molecule has 10 nitrogen and oxygen atoms in total. The molecule has 0 saturated heterocycles. The smallest absolute Gasteiger partial charge is 0.744 e. The number of azo groups is 1. The van der Waals surface area contributed by atoms with Crippen LogP contribution in [0.25, 0.3) is 10.8 Å². The van der Waals surface area contributed by atoms with E-state index in [9.17, 15) is 31.6 Å². The van der Waals surface area contributed by atoms with E-state index in [1.807, 2.05) is 0 Å². The van der Waals surface area contributed by atoms with Crippen LogP contribution in [-0.2, 0) is 20.2 Å². The fraction of sp³-hybridized carbons (Fsp3) is 0. The molecule has 3 N–H and O–H groups in total. The number of aromatic hydroxyl groups is 2. The molecule has 0 fully saturated rings. The third kappa shape index (κ3) is 4.92. The van der Waals surface area contributed by atoms with Crippen LogP contribution in [0.1, 0.15) is 0 Å². The average molecular weight is 481 g/mol. The molecule has 3 aromatic rings. The summed E-state index contributed by atoms with van der Waals surface area (Å²) in [6.45, 7) is 0. The van der Waals surface area contributed by atoms with Crippen LogP contribution in [0.15, 0.2) is 62.5 Å². The summed E-state index contributed by atoms with van der Waals surface area (Å²) in [6.07, 6.45) is 0. The number of phenols is 2. The van der Waals surface area contributed by atoms with Gasteiger partial charge in [-0.2, -0.15) is 8.42 Å². The van der Waals surface area contributed by atoms with Crippen LogP contribution in [0.4, 0.5) is 11.4 Å². The van der Waals surface area contributed by atoms with Gasteiger partial charge in [0.15, 0.2) is 5.75 Å².